The predicted molar refractivity (Wildman–Crippen MR) is 79.1 cm³/mol. The van der Waals surface area contributed by atoms with Crippen LogP contribution in [0.2, 0.25) is 0 Å². The molecule has 5 heteroatoms. The number of rotatable bonds is 2. The van der Waals surface area contributed by atoms with Gasteiger partial charge in [0.25, 0.3) is 5.91 Å². The Kier molecular flexibility index (Phi) is 3.01. The maximum absolute atomic E-state index is 14.0. The Morgan fingerprint density at radius 1 is 1.48 bits per heavy atom. The van der Waals surface area contributed by atoms with E-state index in [0.29, 0.717) is 5.92 Å². The zero-order valence-corrected chi connectivity index (χ0v) is 12.7. The van der Waals surface area contributed by atoms with Crippen LogP contribution in [0.5, 0.6) is 0 Å². The molecule has 0 saturated heterocycles. The number of nitrogens with one attached hydrogen (secondary N) is 1. The average molecular weight is 291 g/mol. The van der Waals surface area contributed by atoms with E-state index in [1.54, 1.807) is 0 Å². The normalized spacial score (nSPS) is 33.1. The van der Waals surface area contributed by atoms with Gasteiger partial charge in [0.15, 0.2) is 11.6 Å². The molecule has 1 aromatic rings. The molecule has 3 atom stereocenters. The fraction of sp³-hybridized carbons (Fsp3) is 0.625. The standard InChI is InChI=1S/C16H22FN3O/c1-15(2)9-4-6-16(3,8-9)14(15)20-13(21)10-5-7-19-12(18)11(10)17/h5,7,9,14H,4,6,8H2,1-3H3,(H2,18,19)(H,20,21). The third-order valence-electron chi connectivity index (χ3n) is 5.71. The van der Waals surface area contributed by atoms with E-state index in [4.69, 9.17) is 5.73 Å². The summed E-state index contributed by atoms with van der Waals surface area (Å²) in [5.41, 5.74) is 5.57. The summed E-state index contributed by atoms with van der Waals surface area (Å²) < 4.78 is 14.0. The molecular formula is C16H22FN3O. The van der Waals surface area contributed by atoms with E-state index in [1.165, 1.54) is 18.7 Å². The average Bonchev–Trinajstić information content (AvgIpc) is 2.89. The number of pyridine rings is 1. The van der Waals surface area contributed by atoms with Gasteiger partial charge in [0.05, 0.1) is 5.56 Å². The molecule has 2 bridgehead atoms. The second-order valence-corrected chi connectivity index (χ2v) is 7.38. The fourth-order valence-corrected chi connectivity index (χ4v) is 4.51. The van der Waals surface area contributed by atoms with Crippen LogP contribution in [0, 0.1) is 22.6 Å². The minimum absolute atomic E-state index is 0.0235. The first-order valence-corrected chi connectivity index (χ1v) is 7.46. The Morgan fingerprint density at radius 2 is 2.19 bits per heavy atom. The molecule has 2 saturated carbocycles. The van der Waals surface area contributed by atoms with Crippen LogP contribution >= 0.6 is 0 Å². The Labute approximate surface area is 124 Å². The Hall–Kier alpha value is -1.65. The summed E-state index contributed by atoms with van der Waals surface area (Å²) in [7, 11) is 0. The summed E-state index contributed by atoms with van der Waals surface area (Å²) in [6.45, 7) is 6.62. The zero-order chi connectivity index (χ0) is 15.4. The Bertz CT molecular complexity index is 596. The van der Waals surface area contributed by atoms with E-state index in [9.17, 15) is 9.18 Å². The summed E-state index contributed by atoms with van der Waals surface area (Å²) in [5, 5.41) is 3.06. The quantitative estimate of drug-likeness (QED) is 0.880. The highest BCUT2D eigenvalue weighted by molar-refractivity contribution is 5.95. The number of anilines is 1. The number of carbonyl (C=O) groups is 1. The van der Waals surface area contributed by atoms with Crippen molar-refractivity contribution in [2.75, 3.05) is 5.73 Å². The first kappa shape index (κ1) is 14.3. The maximum atomic E-state index is 14.0. The molecule has 1 aromatic heterocycles. The lowest BCUT2D eigenvalue weighted by Gasteiger charge is -2.43. The first-order chi connectivity index (χ1) is 9.75. The van der Waals surface area contributed by atoms with Crippen LogP contribution in [-0.2, 0) is 0 Å². The van der Waals surface area contributed by atoms with Gasteiger partial charge in [0.1, 0.15) is 0 Å². The minimum atomic E-state index is -0.735. The van der Waals surface area contributed by atoms with E-state index >= 15 is 0 Å². The molecule has 21 heavy (non-hydrogen) atoms. The molecule has 0 aromatic carbocycles. The number of nitrogens with two attached hydrogens (primary N) is 1. The van der Waals surface area contributed by atoms with Crippen molar-refractivity contribution in [2.45, 2.75) is 46.1 Å². The van der Waals surface area contributed by atoms with Crippen LogP contribution in [0.25, 0.3) is 0 Å². The monoisotopic (exact) mass is 291 g/mol. The van der Waals surface area contributed by atoms with Gasteiger partial charge in [-0.3, -0.25) is 4.79 Å². The number of halogens is 1. The molecule has 114 valence electrons. The number of aromatic nitrogens is 1. The van der Waals surface area contributed by atoms with Crippen LogP contribution in [0.4, 0.5) is 10.2 Å². The summed E-state index contributed by atoms with van der Waals surface area (Å²) in [4.78, 5) is 16.1. The lowest BCUT2D eigenvalue weighted by Crippen LogP contribution is -2.52. The van der Waals surface area contributed by atoms with Gasteiger partial charge < -0.3 is 11.1 Å². The topological polar surface area (TPSA) is 68.0 Å². The molecule has 3 rings (SSSR count). The predicted octanol–water partition coefficient (Wildman–Crippen LogP) is 2.75. The van der Waals surface area contributed by atoms with Crippen molar-refractivity contribution in [2.24, 2.45) is 16.7 Å². The Balaban J connectivity index is 1.87. The third-order valence-corrected chi connectivity index (χ3v) is 5.71. The van der Waals surface area contributed by atoms with Crippen molar-refractivity contribution in [3.63, 3.8) is 0 Å². The smallest absolute Gasteiger partial charge is 0.254 e. The molecule has 1 amide bonds. The molecule has 0 aliphatic heterocycles. The highest BCUT2D eigenvalue weighted by Gasteiger charge is 2.59. The molecule has 2 aliphatic carbocycles. The number of nitrogens with zero attached hydrogens (tertiary/aromatic N) is 1. The molecule has 2 aliphatic rings. The number of hydrogen-bond acceptors (Lipinski definition) is 3. The van der Waals surface area contributed by atoms with Crippen molar-refractivity contribution in [1.82, 2.24) is 10.3 Å². The highest BCUT2D eigenvalue weighted by atomic mass is 19.1. The maximum Gasteiger partial charge on any atom is 0.254 e. The number of amides is 1. The van der Waals surface area contributed by atoms with E-state index in [-0.39, 0.29) is 28.3 Å². The summed E-state index contributed by atoms with van der Waals surface area (Å²) in [6, 6.07) is 1.44. The molecule has 1 heterocycles. The molecule has 2 fully saturated rings. The second-order valence-electron chi connectivity index (χ2n) is 7.38. The van der Waals surface area contributed by atoms with Crippen molar-refractivity contribution in [1.29, 1.82) is 0 Å². The van der Waals surface area contributed by atoms with Crippen molar-refractivity contribution >= 4 is 11.7 Å². The first-order valence-electron chi connectivity index (χ1n) is 7.46. The lowest BCUT2D eigenvalue weighted by atomic mass is 9.68. The van der Waals surface area contributed by atoms with Crippen LogP contribution < -0.4 is 11.1 Å². The van der Waals surface area contributed by atoms with Gasteiger partial charge in [-0.1, -0.05) is 20.8 Å². The van der Waals surface area contributed by atoms with Gasteiger partial charge in [-0.25, -0.2) is 9.37 Å². The fourth-order valence-electron chi connectivity index (χ4n) is 4.51. The SMILES string of the molecule is CC12CCC(C1)C(C)(C)C2NC(=O)c1ccnc(N)c1F. The van der Waals surface area contributed by atoms with Gasteiger partial charge in [-0.15, -0.1) is 0 Å². The highest BCUT2D eigenvalue weighted by Crippen LogP contribution is 2.62. The van der Waals surface area contributed by atoms with E-state index < -0.39 is 11.7 Å². The van der Waals surface area contributed by atoms with Gasteiger partial charge in [0.2, 0.25) is 0 Å². The second kappa shape index (κ2) is 4.42. The van der Waals surface area contributed by atoms with Crippen LogP contribution in [-0.4, -0.2) is 16.9 Å². The van der Waals surface area contributed by atoms with Gasteiger partial charge in [-0.05, 0) is 42.1 Å². The molecule has 4 nitrogen and oxygen atoms in total. The molecule has 0 radical (unpaired) electrons. The molecule has 3 N–H and O–H groups in total. The van der Waals surface area contributed by atoms with Crippen molar-refractivity contribution in [3.8, 4) is 0 Å². The van der Waals surface area contributed by atoms with Crippen molar-refractivity contribution < 1.29 is 9.18 Å². The van der Waals surface area contributed by atoms with E-state index in [1.807, 2.05) is 0 Å². The third kappa shape index (κ3) is 2.01. The van der Waals surface area contributed by atoms with Gasteiger partial charge in [0, 0.05) is 12.2 Å². The number of nitrogen functional groups attached to an aromatic ring is 1. The zero-order valence-electron chi connectivity index (χ0n) is 12.7. The number of fused-ring (bicyclic) bond motifs is 2. The largest absolute Gasteiger partial charge is 0.381 e. The summed E-state index contributed by atoms with van der Waals surface area (Å²) in [6.07, 6.45) is 4.83. The van der Waals surface area contributed by atoms with E-state index in [0.717, 1.165) is 12.8 Å². The molecule has 0 spiro atoms. The van der Waals surface area contributed by atoms with Crippen LogP contribution in [0.15, 0.2) is 12.3 Å². The van der Waals surface area contributed by atoms with Crippen LogP contribution in [0.1, 0.15) is 50.4 Å². The number of carbonyl (C=O) groups excluding carboxylic acids is 1. The molecular weight excluding hydrogens is 269 g/mol. The lowest BCUT2D eigenvalue weighted by molar-refractivity contribution is 0.0734. The van der Waals surface area contributed by atoms with E-state index in [2.05, 4.69) is 31.1 Å². The summed E-state index contributed by atoms with van der Waals surface area (Å²) >= 11 is 0. The minimum Gasteiger partial charge on any atom is -0.381 e. The van der Waals surface area contributed by atoms with Gasteiger partial charge in [-0.2, -0.15) is 0 Å². The van der Waals surface area contributed by atoms with Crippen LogP contribution in [0.3, 0.4) is 0 Å². The van der Waals surface area contributed by atoms with Gasteiger partial charge >= 0.3 is 0 Å². The summed E-state index contributed by atoms with van der Waals surface area (Å²) in [5.74, 6) is -0.740. The number of hydrogen-bond donors (Lipinski definition) is 2. The molecule has 3 unspecified atom stereocenters. The van der Waals surface area contributed by atoms with Crippen molar-refractivity contribution in [3.05, 3.63) is 23.6 Å². The Morgan fingerprint density at radius 3 is 2.81 bits per heavy atom.